The number of rotatable bonds is 2. The lowest BCUT2D eigenvalue weighted by Crippen LogP contribution is -2.12. The number of hydrogen-bond donors (Lipinski definition) is 1. The van der Waals surface area contributed by atoms with Gasteiger partial charge in [-0.05, 0) is 53.1 Å². The van der Waals surface area contributed by atoms with Gasteiger partial charge in [0.25, 0.3) is 5.91 Å². The van der Waals surface area contributed by atoms with Crippen LogP contribution >= 0.6 is 0 Å². The average Bonchev–Trinajstić information content (AvgIpc) is 2.96. The third-order valence-electron chi connectivity index (χ3n) is 4.27. The monoisotopic (exact) mass is 358 g/mol. The van der Waals surface area contributed by atoms with Crippen LogP contribution in [0.2, 0.25) is 0 Å². The van der Waals surface area contributed by atoms with Gasteiger partial charge in [0.1, 0.15) is 11.6 Å². The first kappa shape index (κ1) is 16.3. The Balaban J connectivity index is 1.98. The molecule has 2 aromatic carbocycles. The van der Waals surface area contributed by atoms with Crippen LogP contribution in [0.3, 0.4) is 0 Å². The van der Waals surface area contributed by atoms with E-state index in [2.05, 4.69) is 10.3 Å². The van der Waals surface area contributed by atoms with Gasteiger partial charge < -0.3 is 5.32 Å². The zero-order valence-corrected chi connectivity index (χ0v) is 13.1. The predicted molar refractivity (Wildman–Crippen MR) is 86.1 cm³/mol. The Bertz CT molecular complexity index is 1070. The van der Waals surface area contributed by atoms with Crippen molar-refractivity contribution in [2.45, 2.75) is 6.54 Å². The third kappa shape index (κ3) is 2.61. The van der Waals surface area contributed by atoms with Gasteiger partial charge in [-0.15, -0.1) is 0 Å². The maximum atomic E-state index is 14.2. The van der Waals surface area contributed by atoms with Gasteiger partial charge in [-0.2, -0.15) is 13.8 Å². The minimum Gasteiger partial charge on any atom is -0.348 e. The van der Waals surface area contributed by atoms with Crippen LogP contribution in [0, 0.1) is 23.5 Å². The molecule has 0 atom stereocenters. The maximum Gasteiger partial charge on any atom is 0.251 e. The van der Waals surface area contributed by atoms with Crippen LogP contribution < -0.4 is 5.32 Å². The Morgan fingerprint density at radius 1 is 0.846 bits per heavy atom. The van der Waals surface area contributed by atoms with E-state index in [9.17, 15) is 22.4 Å². The Kier molecular flexibility index (Phi) is 3.72. The van der Waals surface area contributed by atoms with Crippen molar-refractivity contribution in [3.05, 3.63) is 77.1 Å². The summed E-state index contributed by atoms with van der Waals surface area (Å²) in [7, 11) is 0. The fraction of sp³-hybridized carbons (Fsp3) is 0.0526. The molecule has 7 heteroatoms. The molecule has 0 spiro atoms. The van der Waals surface area contributed by atoms with Crippen LogP contribution in [-0.4, -0.2) is 10.9 Å². The van der Waals surface area contributed by atoms with Crippen molar-refractivity contribution < 1.29 is 22.4 Å². The molecule has 1 aliphatic rings. The average molecular weight is 358 g/mol. The van der Waals surface area contributed by atoms with Gasteiger partial charge >= 0.3 is 0 Å². The number of nitrogens with one attached hydrogen (secondary N) is 1. The van der Waals surface area contributed by atoms with Crippen molar-refractivity contribution in [1.29, 1.82) is 0 Å². The summed E-state index contributed by atoms with van der Waals surface area (Å²) in [6.07, 6.45) is 0. The normalized spacial score (nSPS) is 12.8. The first-order valence-electron chi connectivity index (χ1n) is 7.67. The largest absolute Gasteiger partial charge is 0.348 e. The summed E-state index contributed by atoms with van der Waals surface area (Å²) in [4.78, 5) is 15.2. The lowest BCUT2D eigenvalue weighted by Gasteiger charge is -2.12. The van der Waals surface area contributed by atoms with Gasteiger partial charge in [0.05, 0.1) is 0 Å². The molecule has 2 heterocycles. The van der Waals surface area contributed by atoms with Crippen molar-refractivity contribution in [3.8, 4) is 22.3 Å². The molecule has 0 radical (unpaired) electrons. The smallest absolute Gasteiger partial charge is 0.251 e. The van der Waals surface area contributed by atoms with E-state index in [1.165, 1.54) is 24.3 Å². The van der Waals surface area contributed by atoms with Crippen LogP contribution in [0.15, 0.2) is 42.5 Å². The number of nitrogens with zero attached hydrogens (tertiary/aromatic N) is 1. The predicted octanol–water partition coefficient (Wildman–Crippen LogP) is 4.22. The van der Waals surface area contributed by atoms with Crippen LogP contribution in [0.25, 0.3) is 22.3 Å². The summed E-state index contributed by atoms with van der Waals surface area (Å²) < 4.78 is 54.7. The Morgan fingerprint density at radius 3 is 2.31 bits per heavy atom. The lowest BCUT2D eigenvalue weighted by atomic mass is 9.92. The summed E-state index contributed by atoms with van der Waals surface area (Å²) in [5.41, 5.74) is 1.38. The highest BCUT2D eigenvalue weighted by atomic mass is 19.1. The van der Waals surface area contributed by atoms with Crippen LogP contribution in [-0.2, 0) is 6.54 Å². The number of carbonyl (C=O) groups excluding carboxylic acids is 1. The lowest BCUT2D eigenvalue weighted by molar-refractivity contribution is 0.0965. The molecule has 0 saturated carbocycles. The van der Waals surface area contributed by atoms with E-state index in [0.717, 1.165) is 18.2 Å². The molecule has 130 valence electrons. The molecule has 3 aromatic rings. The summed E-state index contributed by atoms with van der Waals surface area (Å²) >= 11 is 0. The quantitative estimate of drug-likeness (QED) is 0.551. The van der Waals surface area contributed by atoms with Crippen molar-refractivity contribution in [2.75, 3.05) is 0 Å². The zero-order valence-electron chi connectivity index (χ0n) is 13.1. The number of pyridine rings is 1. The highest BCUT2D eigenvalue weighted by molar-refractivity contribution is 6.02. The molecule has 26 heavy (non-hydrogen) atoms. The molecule has 0 bridgehead atoms. The molecular formula is C19H10F4N2O. The first-order valence-corrected chi connectivity index (χ1v) is 7.67. The molecule has 0 aliphatic carbocycles. The molecule has 1 amide bonds. The van der Waals surface area contributed by atoms with Crippen molar-refractivity contribution in [3.63, 3.8) is 0 Å². The molecular weight excluding hydrogens is 348 g/mol. The van der Waals surface area contributed by atoms with Crippen LogP contribution in [0.1, 0.15) is 15.9 Å². The topological polar surface area (TPSA) is 42.0 Å². The standard InChI is InChI=1S/C19H10F4N2O/c20-10-1-2-11(16(21)7-10)9-5-13(12-3-4-17(22)25-18(12)23)15-8-24-19(26)14(15)6-9/h1-7H,8H2,(H,24,26). The van der Waals surface area contributed by atoms with E-state index in [0.29, 0.717) is 11.1 Å². The Labute approximate surface area is 145 Å². The summed E-state index contributed by atoms with van der Waals surface area (Å²) in [5, 5.41) is 2.62. The van der Waals surface area contributed by atoms with E-state index < -0.39 is 23.5 Å². The second-order valence-corrected chi connectivity index (χ2v) is 5.83. The molecule has 1 aromatic heterocycles. The molecule has 1 aliphatic heterocycles. The Morgan fingerprint density at radius 2 is 1.58 bits per heavy atom. The second-order valence-electron chi connectivity index (χ2n) is 5.83. The van der Waals surface area contributed by atoms with Gasteiger partial charge in [-0.25, -0.2) is 8.78 Å². The minimum absolute atomic E-state index is 0.0106. The fourth-order valence-electron chi connectivity index (χ4n) is 3.06. The van der Waals surface area contributed by atoms with Gasteiger partial charge in [0, 0.05) is 29.3 Å². The molecule has 0 saturated heterocycles. The molecule has 0 unspecified atom stereocenters. The number of aromatic nitrogens is 1. The minimum atomic E-state index is -1.04. The number of hydrogen-bond acceptors (Lipinski definition) is 2. The summed E-state index contributed by atoms with van der Waals surface area (Å²) in [6, 6.07) is 8.21. The Hall–Kier alpha value is -3.22. The summed E-state index contributed by atoms with van der Waals surface area (Å²) in [5.74, 6) is -3.95. The van der Waals surface area contributed by atoms with Crippen molar-refractivity contribution in [1.82, 2.24) is 10.3 Å². The van der Waals surface area contributed by atoms with E-state index in [1.807, 2.05) is 0 Å². The number of halogens is 4. The highest BCUT2D eigenvalue weighted by Gasteiger charge is 2.26. The first-order chi connectivity index (χ1) is 12.4. The molecule has 1 N–H and O–H groups in total. The maximum absolute atomic E-state index is 14.2. The zero-order chi connectivity index (χ0) is 18.4. The number of amides is 1. The van der Waals surface area contributed by atoms with E-state index >= 15 is 0 Å². The van der Waals surface area contributed by atoms with E-state index in [1.54, 1.807) is 0 Å². The van der Waals surface area contributed by atoms with Crippen molar-refractivity contribution in [2.24, 2.45) is 0 Å². The number of carbonyl (C=O) groups is 1. The van der Waals surface area contributed by atoms with Gasteiger partial charge in [-0.1, -0.05) is 0 Å². The number of benzene rings is 2. The fourth-order valence-corrected chi connectivity index (χ4v) is 3.06. The van der Waals surface area contributed by atoms with E-state index in [4.69, 9.17) is 0 Å². The highest BCUT2D eigenvalue weighted by Crippen LogP contribution is 2.36. The SMILES string of the molecule is O=C1NCc2c1cc(-c1ccc(F)cc1F)cc2-c1ccc(F)nc1F. The number of fused-ring (bicyclic) bond motifs is 1. The summed E-state index contributed by atoms with van der Waals surface area (Å²) in [6.45, 7) is 0.159. The van der Waals surface area contributed by atoms with Gasteiger partial charge in [0.15, 0.2) is 0 Å². The van der Waals surface area contributed by atoms with E-state index in [-0.39, 0.29) is 34.7 Å². The second kappa shape index (κ2) is 5.94. The molecule has 0 fully saturated rings. The third-order valence-corrected chi connectivity index (χ3v) is 4.27. The van der Waals surface area contributed by atoms with Crippen molar-refractivity contribution >= 4 is 5.91 Å². The van der Waals surface area contributed by atoms with Crippen LogP contribution in [0.5, 0.6) is 0 Å². The van der Waals surface area contributed by atoms with Gasteiger partial charge in [-0.3, -0.25) is 4.79 Å². The molecule has 3 nitrogen and oxygen atoms in total. The van der Waals surface area contributed by atoms with Gasteiger partial charge in [0.2, 0.25) is 11.9 Å². The van der Waals surface area contributed by atoms with Crippen LogP contribution in [0.4, 0.5) is 17.6 Å². The molecule has 4 rings (SSSR count).